The normalized spacial score (nSPS) is 11.0. The van der Waals surface area contributed by atoms with Crippen molar-refractivity contribution in [3.8, 4) is 11.4 Å². The molecule has 9 nitrogen and oxygen atoms in total. The Balaban J connectivity index is 1.75. The zero-order valence-corrected chi connectivity index (χ0v) is 16.4. The van der Waals surface area contributed by atoms with Crippen LogP contribution >= 0.6 is 0 Å². The number of alkyl carbamates (subject to hydrolysis) is 1. The fraction of sp³-hybridized carbons (Fsp3) is 0.250. The number of aromatic nitrogens is 4. The molecule has 0 aliphatic carbocycles. The molecule has 2 aromatic carbocycles. The zero-order valence-electron chi connectivity index (χ0n) is 16.4. The Morgan fingerprint density at radius 2 is 1.59 bits per heavy atom. The highest BCUT2D eigenvalue weighted by Gasteiger charge is 2.24. The quantitative estimate of drug-likeness (QED) is 0.660. The molecule has 0 aliphatic heterocycles. The van der Waals surface area contributed by atoms with Crippen molar-refractivity contribution in [3.05, 3.63) is 65.1 Å². The number of amides is 1. The number of carbonyl (C=O) groups excluding carboxylic acids is 1. The topological polar surface area (TPSA) is 110 Å². The third-order valence-electron chi connectivity index (χ3n) is 3.73. The van der Waals surface area contributed by atoms with Crippen molar-refractivity contribution in [1.82, 2.24) is 30.5 Å². The van der Waals surface area contributed by atoms with E-state index in [9.17, 15) is 9.70 Å². The minimum Gasteiger partial charge on any atom is -0.445 e. The van der Waals surface area contributed by atoms with Crippen LogP contribution in [0, 0.1) is 4.91 Å². The molecule has 1 heterocycles. The molecule has 0 saturated heterocycles. The molecule has 148 valence electrons. The Bertz CT molecular complexity index is 1000. The Hall–Kier alpha value is -3.75. The van der Waals surface area contributed by atoms with Crippen molar-refractivity contribution in [2.45, 2.75) is 32.9 Å². The van der Waals surface area contributed by atoms with Crippen LogP contribution in [0.15, 0.2) is 54.6 Å². The summed E-state index contributed by atoms with van der Waals surface area (Å²) in [5.41, 5.74) is 1.07. The van der Waals surface area contributed by atoms with Crippen LogP contribution in [0.2, 0.25) is 0 Å². The van der Waals surface area contributed by atoms with Gasteiger partial charge in [0.2, 0.25) is 5.82 Å². The van der Waals surface area contributed by atoms with Gasteiger partial charge in [0.05, 0.1) is 10.2 Å². The molecule has 0 spiro atoms. The Kier molecular flexibility index (Phi) is 5.87. The lowest BCUT2D eigenvalue weighted by molar-refractivity contribution is 0.131. The van der Waals surface area contributed by atoms with Gasteiger partial charge in [0.1, 0.15) is 6.61 Å². The van der Waals surface area contributed by atoms with Crippen LogP contribution in [0.25, 0.3) is 11.4 Å². The lowest BCUT2D eigenvalue weighted by Crippen LogP contribution is -2.40. The first-order valence-corrected chi connectivity index (χ1v) is 8.96. The second-order valence-corrected chi connectivity index (χ2v) is 7.26. The van der Waals surface area contributed by atoms with E-state index in [1.165, 1.54) is 0 Å². The van der Waals surface area contributed by atoms with E-state index in [1.807, 2.05) is 51.1 Å². The van der Waals surface area contributed by atoms with Crippen molar-refractivity contribution < 1.29 is 9.53 Å². The summed E-state index contributed by atoms with van der Waals surface area (Å²) in [6.07, 6.45) is -0.573. The molecule has 0 saturated carbocycles. The third kappa shape index (κ3) is 5.38. The van der Waals surface area contributed by atoms with Gasteiger partial charge in [-0.25, -0.2) is 4.79 Å². The van der Waals surface area contributed by atoms with Crippen molar-refractivity contribution in [2.75, 3.05) is 0 Å². The summed E-state index contributed by atoms with van der Waals surface area (Å²) in [5.74, 6) is 0.106. The van der Waals surface area contributed by atoms with Crippen LogP contribution in [0.4, 0.5) is 16.4 Å². The fourth-order valence-corrected chi connectivity index (χ4v) is 2.43. The van der Waals surface area contributed by atoms with E-state index < -0.39 is 11.6 Å². The maximum Gasteiger partial charge on any atom is 0.519 e. The highest BCUT2D eigenvalue weighted by atomic mass is 16.5. The number of benzene rings is 2. The van der Waals surface area contributed by atoms with Crippen LogP contribution in [-0.4, -0.2) is 32.0 Å². The molecule has 0 unspecified atom stereocenters. The second kappa shape index (κ2) is 8.51. The average molecular weight is 393 g/mol. The molecule has 1 amide bonds. The highest BCUT2D eigenvalue weighted by Crippen LogP contribution is 2.22. The van der Waals surface area contributed by atoms with Gasteiger partial charge < -0.3 is 10.1 Å². The van der Waals surface area contributed by atoms with Crippen molar-refractivity contribution >= 4 is 17.7 Å². The van der Waals surface area contributed by atoms with E-state index in [4.69, 9.17) is 4.74 Å². The first-order chi connectivity index (χ1) is 13.8. The van der Waals surface area contributed by atoms with E-state index in [0.29, 0.717) is 16.1 Å². The SMILES string of the molecule is CC(C)(C)NC(=O)OCc1ccccc1[N+](=O)c1nnc(-c2ccccc2)nn1. The van der Waals surface area contributed by atoms with Crippen molar-refractivity contribution in [2.24, 2.45) is 0 Å². The second-order valence-electron chi connectivity index (χ2n) is 7.26. The molecular formula is C20H21N6O3+. The predicted octanol–water partition coefficient (Wildman–Crippen LogP) is 3.56. The van der Waals surface area contributed by atoms with E-state index in [1.54, 1.807) is 24.3 Å². The minimum absolute atomic E-state index is 0.0835. The number of hydrogen-bond acceptors (Lipinski definition) is 7. The van der Waals surface area contributed by atoms with E-state index in [2.05, 4.69) is 25.7 Å². The van der Waals surface area contributed by atoms with Gasteiger partial charge in [-0.15, -0.1) is 0 Å². The molecule has 0 fully saturated rings. The summed E-state index contributed by atoms with van der Waals surface area (Å²) < 4.78 is 5.73. The van der Waals surface area contributed by atoms with Gasteiger partial charge in [0.25, 0.3) is 0 Å². The van der Waals surface area contributed by atoms with Gasteiger partial charge in [-0.1, -0.05) is 53.4 Å². The summed E-state index contributed by atoms with van der Waals surface area (Å²) in [7, 11) is 0. The number of nitroso groups, excluding NO2 is 1. The number of para-hydroxylation sites is 1. The highest BCUT2D eigenvalue weighted by molar-refractivity contribution is 5.68. The summed E-state index contributed by atoms with van der Waals surface area (Å²) in [5, 5.41) is 18.4. The number of nitrogens with one attached hydrogen (secondary N) is 1. The predicted molar refractivity (Wildman–Crippen MR) is 107 cm³/mol. The van der Waals surface area contributed by atoms with E-state index >= 15 is 0 Å². The van der Waals surface area contributed by atoms with Crippen LogP contribution in [0.1, 0.15) is 26.3 Å². The first-order valence-electron chi connectivity index (χ1n) is 8.96. The number of ether oxygens (including phenoxy) is 1. The zero-order chi connectivity index (χ0) is 20.9. The fourth-order valence-electron chi connectivity index (χ4n) is 2.43. The smallest absolute Gasteiger partial charge is 0.445 e. The monoisotopic (exact) mass is 393 g/mol. The van der Waals surface area contributed by atoms with Crippen LogP contribution in [0.5, 0.6) is 0 Å². The molecule has 1 N–H and O–H groups in total. The molecule has 29 heavy (non-hydrogen) atoms. The molecule has 3 rings (SSSR count). The van der Waals surface area contributed by atoms with Gasteiger partial charge in [-0.3, -0.25) is 0 Å². The number of rotatable bonds is 5. The van der Waals surface area contributed by atoms with Crippen molar-refractivity contribution in [1.29, 1.82) is 0 Å². The minimum atomic E-state index is -0.573. The lowest BCUT2D eigenvalue weighted by Gasteiger charge is -2.20. The molecule has 0 radical (unpaired) electrons. The number of carbonyl (C=O) groups is 1. The maximum atomic E-state index is 12.7. The van der Waals surface area contributed by atoms with Gasteiger partial charge >= 0.3 is 12.0 Å². The molecule has 0 atom stereocenters. The lowest BCUT2D eigenvalue weighted by atomic mass is 10.1. The summed E-state index contributed by atoms with van der Waals surface area (Å²) >= 11 is 0. The standard InChI is InChI=1S/C20H20N6O3/c1-20(2,3)21-19(27)29-13-15-11-7-8-12-16(15)26(28)18-24-22-17(23-25-18)14-9-5-4-6-10-14/h4-12H,13H2,1-3H3/p+1. The first kappa shape index (κ1) is 20.0. The van der Waals surface area contributed by atoms with E-state index in [0.717, 1.165) is 5.56 Å². The molecule has 3 aromatic rings. The van der Waals surface area contributed by atoms with Gasteiger partial charge in [0.15, 0.2) is 5.69 Å². The summed E-state index contributed by atoms with van der Waals surface area (Å²) in [6, 6.07) is 15.9. The molecular weight excluding hydrogens is 372 g/mol. The maximum absolute atomic E-state index is 12.7. The van der Waals surface area contributed by atoms with Crippen molar-refractivity contribution in [3.63, 3.8) is 0 Å². The Morgan fingerprint density at radius 3 is 2.24 bits per heavy atom. The number of nitrogens with zero attached hydrogens (tertiary/aromatic N) is 5. The molecule has 9 heteroatoms. The van der Waals surface area contributed by atoms with Gasteiger partial charge in [0, 0.05) is 21.4 Å². The van der Waals surface area contributed by atoms with Gasteiger partial charge in [-0.05, 0) is 37.0 Å². The summed E-state index contributed by atoms with van der Waals surface area (Å²) in [4.78, 5) is 24.6. The third-order valence-corrected chi connectivity index (χ3v) is 3.73. The number of hydrogen-bond donors (Lipinski definition) is 1. The van der Waals surface area contributed by atoms with Crippen LogP contribution < -0.4 is 10.1 Å². The summed E-state index contributed by atoms with van der Waals surface area (Å²) in [6.45, 7) is 5.45. The average Bonchev–Trinajstić information content (AvgIpc) is 2.71. The molecule has 0 bridgehead atoms. The Morgan fingerprint density at radius 1 is 0.966 bits per heavy atom. The molecule has 1 aromatic heterocycles. The molecule has 0 aliphatic rings. The van der Waals surface area contributed by atoms with Crippen LogP contribution in [0.3, 0.4) is 0 Å². The Labute approximate surface area is 167 Å². The van der Waals surface area contributed by atoms with Gasteiger partial charge in [-0.2, -0.15) is 0 Å². The largest absolute Gasteiger partial charge is 0.519 e. The van der Waals surface area contributed by atoms with E-state index in [-0.39, 0.29) is 18.2 Å². The van der Waals surface area contributed by atoms with Crippen LogP contribution in [-0.2, 0) is 11.3 Å².